The standard InChI is InChI=1S/C11H25NO2/c1-5-11(3,4)14-10-8-12-7-9-13-6-2/h12H,5-10H2,1-4H3. The molecule has 0 aliphatic rings. The number of hydrogen-bond donors (Lipinski definition) is 1. The molecular formula is C11H25NO2. The van der Waals surface area contributed by atoms with Crippen LogP contribution in [0, 0.1) is 0 Å². The summed E-state index contributed by atoms with van der Waals surface area (Å²) in [6.45, 7) is 12.5. The lowest BCUT2D eigenvalue weighted by Crippen LogP contribution is -2.30. The first-order valence-electron chi connectivity index (χ1n) is 5.55. The fraction of sp³-hybridized carbons (Fsp3) is 1.00. The Kier molecular flexibility index (Phi) is 8.14. The molecule has 0 saturated heterocycles. The summed E-state index contributed by atoms with van der Waals surface area (Å²) in [7, 11) is 0. The van der Waals surface area contributed by atoms with Crippen molar-refractivity contribution in [2.24, 2.45) is 0 Å². The summed E-state index contributed by atoms with van der Waals surface area (Å²) < 4.78 is 10.9. The van der Waals surface area contributed by atoms with Gasteiger partial charge in [0.2, 0.25) is 0 Å². The Labute approximate surface area is 88.2 Å². The summed E-state index contributed by atoms with van der Waals surface area (Å²) in [5, 5.41) is 3.27. The molecule has 0 rings (SSSR count). The maximum atomic E-state index is 5.68. The average Bonchev–Trinajstić information content (AvgIpc) is 2.16. The molecule has 0 bridgehead atoms. The third-order valence-corrected chi connectivity index (χ3v) is 2.25. The summed E-state index contributed by atoms with van der Waals surface area (Å²) in [5.41, 5.74) is 0.0155. The fourth-order valence-corrected chi connectivity index (χ4v) is 0.915. The minimum Gasteiger partial charge on any atom is -0.380 e. The predicted octanol–water partition coefficient (Wildman–Crippen LogP) is 1.82. The number of ether oxygens (including phenoxy) is 2. The molecule has 14 heavy (non-hydrogen) atoms. The van der Waals surface area contributed by atoms with Gasteiger partial charge in [0.25, 0.3) is 0 Å². The van der Waals surface area contributed by atoms with E-state index in [0.29, 0.717) is 0 Å². The van der Waals surface area contributed by atoms with Crippen molar-refractivity contribution in [2.45, 2.75) is 39.7 Å². The van der Waals surface area contributed by atoms with Crippen LogP contribution in [-0.4, -0.2) is 38.5 Å². The lowest BCUT2D eigenvalue weighted by atomic mass is 10.1. The van der Waals surface area contributed by atoms with Crippen LogP contribution in [0.25, 0.3) is 0 Å². The normalized spacial score (nSPS) is 12.0. The highest BCUT2D eigenvalue weighted by Gasteiger charge is 2.13. The van der Waals surface area contributed by atoms with Gasteiger partial charge in [-0.1, -0.05) is 6.92 Å². The Bertz CT molecular complexity index is 126. The SMILES string of the molecule is CCOCCNCCOC(C)(C)CC. The van der Waals surface area contributed by atoms with Gasteiger partial charge in [-0.15, -0.1) is 0 Å². The quantitative estimate of drug-likeness (QED) is 0.580. The van der Waals surface area contributed by atoms with Gasteiger partial charge in [0.05, 0.1) is 18.8 Å². The van der Waals surface area contributed by atoms with Gasteiger partial charge < -0.3 is 14.8 Å². The van der Waals surface area contributed by atoms with Crippen molar-refractivity contribution >= 4 is 0 Å². The molecule has 86 valence electrons. The summed E-state index contributed by atoms with van der Waals surface area (Å²) in [6, 6.07) is 0. The van der Waals surface area contributed by atoms with Gasteiger partial charge in [0, 0.05) is 19.7 Å². The number of nitrogens with one attached hydrogen (secondary N) is 1. The van der Waals surface area contributed by atoms with Gasteiger partial charge in [-0.25, -0.2) is 0 Å². The summed E-state index contributed by atoms with van der Waals surface area (Å²) >= 11 is 0. The van der Waals surface area contributed by atoms with Crippen LogP contribution in [0.3, 0.4) is 0 Å². The first kappa shape index (κ1) is 13.9. The van der Waals surface area contributed by atoms with Crippen LogP contribution in [-0.2, 0) is 9.47 Å². The molecule has 3 heteroatoms. The Morgan fingerprint density at radius 3 is 2.29 bits per heavy atom. The fourth-order valence-electron chi connectivity index (χ4n) is 0.915. The summed E-state index contributed by atoms with van der Waals surface area (Å²) in [5.74, 6) is 0. The second kappa shape index (κ2) is 8.21. The molecule has 0 aromatic rings. The topological polar surface area (TPSA) is 30.5 Å². The van der Waals surface area contributed by atoms with E-state index in [-0.39, 0.29) is 5.60 Å². The van der Waals surface area contributed by atoms with Crippen molar-refractivity contribution in [1.82, 2.24) is 5.32 Å². The molecule has 0 aliphatic carbocycles. The van der Waals surface area contributed by atoms with E-state index in [1.54, 1.807) is 0 Å². The minimum atomic E-state index is 0.0155. The van der Waals surface area contributed by atoms with Gasteiger partial charge >= 0.3 is 0 Å². The monoisotopic (exact) mass is 203 g/mol. The van der Waals surface area contributed by atoms with Gasteiger partial charge in [0.1, 0.15) is 0 Å². The maximum absolute atomic E-state index is 5.68. The Morgan fingerprint density at radius 2 is 1.71 bits per heavy atom. The largest absolute Gasteiger partial charge is 0.380 e. The molecule has 0 amide bonds. The lowest BCUT2D eigenvalue weighted by Gasteiger charge is -2.23. The highest BCUT2D eigenvalue weighted by atomic mass is 16.5. The highest BCUT2D eigenvalue weighted by molar-refractivity contribution is 4.65. The van der Waals surface area contributed by atoms with Gasteiger partial charge in [-0.3, -0.25) is 0 Å². The highest BCUT2D eigenvalue weighted by Crippen LogP contribution is 2.12. The van der Waals surface area contributed by atoms with E-state index in [9.17, 15) is 0 Å². The van der Waals surface area contributed by atoms with E-state index in [1.807, 2.05) is 6.92 Å². The molecule has 0 unspecified atom stereocenters. The maximum Gasteiger partial charge on any atom is 0.0624 e. The molecule has 0 aromatic heterocycles. The Balaban J connectivity index is 3.13. The van der Waals surface area contributed by atoms with Gasteiger partial charge in [0.15, 0.2) is 0 Å². The van der Waals surface area contributed by atoms with E-state index >= 15 is 0 Å². The molecule has 0 fully saturated rings. The van der Waals surface area contributed by atoms with Crippen LogP contribution in [0.15, 0.2) is 0 Å². The minimum absolute atomic E-state index is 0.0155. The lowest BCUT2D eigenvalue weighted by molar-refractivity contribution is -0.0183. The van der Waals surface area contributed by atoms with Crippen LogP contribution in [0.1, 0.15) is 34.1 Å². The molecule has 0 spiro atoms. The van der Waals surface area contributed by atoms with Crippen LogP contribution < -0.4 is 5.32 Å². The van der Waals surface area contributed by atoms with Crippen molar-refractivity contribution in [2.75, 3.05) is 32.9 Å². The molecule has 0 atom stereocenters. The smallest absolute Gasteiger partial charge is 0.0624 e. The van der Waals surface area contributed by atoms with Crippen molar-refractivity contribution in [1.29, 1.82) is 0 Å². The molecule has 0 aliphatic heterocycles. The van der Waals surface area contributed by atoms with Crippen LogP contribution in [0.5, 0.6) is 0 Å². The zero-order valence-electron chi connectivity index (χ0n) is 10.1. The van der Waals surface area contributed by atoms with E-state index in [1.165, 1.54) is 0 Å². The van der Waals surface area contributed by atoms with Crippen molar-refractivity contribution in [3.8, 4) is 0 Å². The van der Waals surface area contributed by atoms with Crippen molar-refractivity contribution < 1.29 is 9.47 Å². The third kappa shape index (κ3) is 8.48. The van der Waals surface area contributed by atoms with Crippen molar-refractivity contribution in [3.05, 3.63) is 0 Å². The van der Waals surface area contributed by atoms with Crippen LogP contribution in [0.4, 0.5) is 0 Å². The molecule has 0 saturated carbocycles. The number of rotatable bonds is 9. The van der Waals surface area contributed by atoms with E-state index in [0.717, 1.165) is 39.3 Å². The molecule has 1 N–H and O–H groups in total. The second-order valence-electron chi connectivity index (χ2n) is 3.91. The number of hydrogen-bond acceptors (Lipinski definition) is 3. The average molecular weight is 203 g/mol. The van der Waals surface area contributed by atoms with Gasteiger partial charge in [-0.2, -0.15) is 0 Å². The molecular weight excluding hydrogens is 178 g/mol. The van der Waals surface area contributed by atoms with Gasteiger partial charge in [-0.05, 0) is 27.2 Å². The Hall–Kier alpha value is -0.120. The van der Waals surface area contributed by atoms with Crippen LogP contribution in [0.2, 0.25) is 0 Å². The zero-order chi connectivity index (χ0) is 10.9. The first-order valence-corrected chi connectivity index (χ1v) is 5.55. The van der Waals surface area contributed by atoms with E-state index < -0.39 is 0 Å². The summed E-state index contributed by atoms with van der Waals surface area (Å²) in [4.78, 5) is 0. The molecule has 0 radical (unpaired) electrons. The first-order chi connectivity index (χ1) is 6.62. The Morgan fingerprint density at radius 1 is 1.07 bits per heavy atom. The zero-order valence-corrected chi connectivity index (χ0v) is 10.1. The second-order valence-corrected chi connectivity index (χ2v) is 3.91. The third-order valence-electron chi connectivity index (χ3n) is 2.25. The van der Waals surface area contributed by atoms with E-state index in [4.69, 9.17) is 9.47 Å². The molecule has 3 nitrogen and oxygen atoms in total. The van der Waals surface area contributed by atoms with Crippen LogP contribution >= 0.6 is 0 Å². The molecule has 0 heterocycles. The molecule has 0 aromatic carbocycles. The predicted molar refractivity (Wildman–Crippen MR) is 59.7 cm³/mol. The van der Waals surface area contributed by atoms with Crippen molar-refractivity contribution in [3.63, 3.8) is 0 Å². The summed E-state index contributed by atoms with van der Waals surface area (Å²) in [6.07, 6.45) is 1.05. The van der Waals surface area contributed by atoms with E-state index in [2.05, 4.69) is 26.1 Å².